The smallest absolute Gasteiger partial charge is 0.330 e. The summed E-state index contributed by atoms with van der Waals surface area (Å²) in [5.41, 5.74) is 2.17. The van der Waals surface area contributed by atoms with E-state index in [0.29, 0.717) is 0 Å². The zero-order valence-corrected chi connectivity index (χ0v) is 13.0. The van der Waals surface area contributed by atoms with Crippen LogP contribution in [0.15, 0.2) is 60.6 Å². The van der Waals surface area contributed by atoms with Gasteiger partial charge < -0.3 is 10.2 Å². The molecule has 0 amide bonds. The minimum absolute atomic E-state index is 0.0880. The lowest BCUT2D eigenvalue weighted by Crippen LogP contribution is -2.29. The molecule has 0 aromatic heterocycles. The second-order valence-electron chi connectivity index (χ2n) is 5.23. The molecule has 1 aliphatic heterocycles. The fourth-order valence-corrected chi connectivity index (χ4v) is 3.50. The van der Waals surface area contributed by atoms with Crippen LogP contribution >= 0.6 is 0 Å². The number of phenolic OH excluding ortho intramolecular Hbond substituents is 1. The Labute approximate surface area is 134 Å². The Kier molecular flexibility index (Phi) is 3.87. The Hall–Kier alpha value is -2.67. The van der Waals surface area contributed by atoms with Gasteiger partial charge in [0.25, 0.3) is 0 Å². The molecule has 120 valence electrons. The van der Waals surface area contributed by atoms with Gasteiger partial charge in [-0.1, -0.05) is 36.4 Å². The van der Waals surface area contributed by atoms with Crippen molar-refractivity contribution in [2.24, 2.45) is 0 Å². The van der Waals surface area contributed by atoms with E-state index >= 15 is 0 Å². The van der Waals surface area contributed by atoms with Crippen LogP contribution in [0, 0.1) is 0 Å². The molecular formula is C16H16N2O4S. The molecule has 2 aromatic carbocycles. The first-order chi connectivity index (χ1) is 11.0. The van der Waals surface area contributed by atoms with Crippen LogP contribution in [0.25, 0.3) is 0 Å². The summed E-state index contributed by atoms with van der Waals surface area (Å²) in [5, 5.41) is 19.4. The molecule has 7 heteroatoms. The predicted molar refractivity (Wildman–Crippen MR) is 87.2 cm³/mol. The van der Waals surface area contributed by atoms with Gasteiger partial charge in [0, 0.05) is 0 Å². The number of aryl methyl sites for hydroxylation is 2. The summed E-state index contributed by atoms with van der Waals surface area (Å²) in [6, 6.07) is 14.8. The van der Waals surface area contributed by atoms with E-state index < -0.39 is 16.1 Å². The van der Waals surface area contributed by atoms with Crippen LogP contribution in [0.4, 0.5) is 5.69 Å². The van der Waals surface area contributed by atoms with Gasteiger partial charge in [0.05, 0.1) is 6.20 Å². The Bertz CT molecular complexity index is 848. The maximum absolute atomic E-state index is 11.8. The van der Waals surface area contributed by atoms with Gasteiger partial charge in [0.2, 0.25) is 5.88 Å². The van der Waals surface area contributed by atoms with E-state index in [1.54, 1.807) is 6.07 Å². The lowest BCUT2D eigenvalue weighted by molar-refractivity contribution is 0.392. The van der Waals surface area contributed by atoms with Crippen LogP contribution in [0.3, 0.4) is 0 Å². The third-order valence-corrected chi connectivity index (χ3v) is 4.84. The Morgan fingerprint density at radius 1 is 0.957 bits per heavy atom. The van der Waals surface area contributed by atoms with Crippen molar-refractivity contribution in [3.8, 4) is 5.75 Å². The monoisotopic (exact) mass is 332 g/mol. The molecular weight excluding hydrogens is 316 g/mol. The average Bonchev–Trinajstić information content (AvgIpc) is 2.79. The molecule has 0 radical (unpaired) electrons. The van der Waals surface area contributed by atoms with Gasteiger partial charge in [0.15, 0.2) is 0 Å². The van der Waals surface area contributed by atoms with Gasteiger partial charge in [-0.3, -0.25) is 0 Å². The molecule has 0 atom stereocenters. The molecule has 0 spiro atoms. The number of aromatic hydroxyl groups is 1. The number of nitrogens with zero attached hydrogens (tertiary/aromatic N) is 1. The molecule has 0 fully saturated rings. The van der Waals surface area contributed by atoms with E-state index in [2.05, 4.69) is 0 Å². The summed E-state index contributed by atoms with van der Waals surface area (Å²) in [4.78, 5) is 0. The van der Waals surface area contributed by atoms with E-state index in [1.807, 2.05) is 35.1 Å². The van der Waals surface area contributed by atoms with Crippen molar-refractivity contribution in [1.82, 2.24) is 4.72 Å². The number of aliphatic hydroxyl groups excluding tert-OH is 1. The number of anilines is 1. The molecule has 1 heterocycles. The number of hydrogen-bond acceptors (Lipinski definition) is 4. The second-order valence-corrected chi connectivity index (χ2v) is 6.77. The van der Waals surface area contributed by atoms with Gasteiger partial charge in [-0.25, -0.2) is 9.03 Å². The van der Waals surface area contributed by atoms with Crippen LogP contribution in [0.1, 0.15) is 11.1 Å². The normalized spacial score (nSPS) is 16.0. The molecule has 2 aromatic rings. The Morgan fingerprint density at radius 3 is 2.26 bits per heavy atom. The number of nitrogens with one attached hydrogen (secondary N) is 1. The van der Waals surface area contributed by atoms with Crippen molar-refractivity contribution < 1.29 is 18.6 Å². The minimum Gasteiger partial charge on any atom is -0.506 e. The maximum Gasteiger partial charge on any atom is 0.330 e. The van der Waals surface area contributed by atoms with Gasteiger partial charge in [-0.15, -0.1) is 0 Å². The number of benzene rings is 2. The van der Waals surface area contributed by atoms with Crippen molar-refractivity contribution in [2.75, 3.05) is 4.31 Å². The topological polar surface area (TPSA) is 89.9 Å². The van der Waals surface area contributed by atoms with Crippen molar-refractivity contribution in [3.05, 3.63) is 71.7 Å². The first kappa shape index (κ1) is 15.2. The van der Waals surface area contributed by atoms with Crippen LogP contribution in [0.2, 0.25) is 0 Å². The van der Waals surface area contributed by atoms with E-state index in [9.17, 15) is 18.6 Å². The van der Waals surface area contributed by atoms with E-state index in [-0.39, 0.29) is 11.4 Å². The summed E-state index contributed by atoms with van der Waals surface area (Å²) in [6.07, 6.45) is 2.56. The maximum atomic E-state index is 11.8. The first-order valence-corrected chi connectivity index (χ1v) is 8.48. The van der Waals surface area contributed by atoms with Crippen molar-refractivity contribution in [1.29, 1.82) is 0 Å². The highest BCUT2D eigenvalue weighted by atomic mass is 32.2. The number of aliphatic hydroxyl groups is 1. The molecule has 3 rings (SSSR count). The fourth-order valence-electron chi connectivity index (χ4n) is 2.43. The predicted octanol–water partition coefficient (Wildman–Crippen LogP) is 2.19. The fraction of sp³-hybridized carbons (Fsp3) is 0.125. The third kappa shape index (κ3) is 3.24. The van der Waals surface area contributed by atoms with Crippen molar-refractivity contribution in [2.45, 2.75) is 12.8 Å². The molecule has 0 saturated carbocycles. The molecule has 3 N–H and O–H groups in total. The zero-order valence-electron chi connectivity index (χ0n) is 12.2. The second kappa shape index (κ2) is 5.85. The lowest BCUT2D eigenvalue weighted by atomic mass is 10.0. The SMILES string of the molecule is O=S1(=O)NC(O)=CN1c1ccc(CCc2ccccc2)cc1O. The molecule has 23 heavy (non-hydrogen) atoms. The largest absolute Gasteiger partial charge is 0.506 e. The summed E-state index contributed by atoms with van der Waals surface area (Å²) in [5.74, 6) is -0.649. The van der Waals surface area contributed by atoms with E-state index in [1.165, 1.54) is 17.7 Å². The van der Waals surface area contributed by atoms with Crippen LogP contribution in [-0.2, 0) is 23.1 Å². The molecule has 0 bridgehead atoms. The van der Waals surface area contributed by atoms with Crippen molar-refractivity contribution in [3.63, 3.8) is 0 Å². The summed E-state index contributed by atoms with van der Waals surface area (Å²) in [6.45, 7) is 0. The lowest BCUT2D eigenvalue weighted by Gasteiger charge is -2.16. The number of rotatable bonds is 4. The van der Waals surface area contributed by atoms with Gasteiger partial charge >= 0.3 is 10.2 Å². The first-order valence-electron chi connectivity index (χ1n) is 7.04. The summed E-state index contributed by atoms with van der Waals surface area (Å²) in [7, 11) is -3.90. The summed E-state index contributed by atoms with van der Waals surface area (Å²) >= 11 is 0. The quantitative estimate of drug-likeness (QED) is 0.800. The molecule has 0 unspecified atom stereocenters. The van der Waals surface area contributed by atoms with Gasteiger partial charge in [-0.2, -0.15) is 8.42 Å². The minimum atomic E-state index is -3.90. The average molecular weight is 332 g/mol. The molecule has 0 aliphatic carbocycles. The number of hydrogen-bond donors (Lipinski definition) is 3. The zero-order chi connectivity index (χ0) is 16.4. The Morgan fingerprint density at radius 2 is 1.65 bits per heavy atom. The summed E-state index contributed by atoms with van der Waals surface area (Å²) < 4.78 is 26.4. The van der Waals surface area contributed by atoms with Gasteiger partial charge in [0.1, 0.15) is 11.4 Å². The number of phenols is 1. The molecule has 6 nitrogen and oxygen atoms in total. The van der Waals surface area contributed by atoms with E-state index in [0.717, 1.165) is 28.9 Å². The van der Waals surface area contributed by atoms with Crippen LogP contribution in [-0.4, -0.2) is 18.6 Å². The van der Waals surface area contributed by atoms with Gasteiger partial charge in [-0.05, 0) is 36.1 Å². The van der Waals surface area contributed by atoms with Crippen LogP contribution in [0.5, 0.6) is 5.75 Å². The molecule has 1 aliphatic rings. The van der Waals surface area contributed by atoms with Crippen LogP contribution < -0.4 is 9.03 Å². The third-order valence-electron chi connectivity index (χ3n) is 3.55. The highest BCUT2D eigenvalue weighted by Gasteiger charge is 2.30. The standard InChI is InChI=1S/C16H16N2O4S/c19-15-10-13(7-6-12-4-2-1-3-5-12)8-9-14(15)18-11-16(20)17-23(18,21)22/h1-5,8-11,17,19-20H,6-7H2. The Balaban J connectivity index is 1.79. The highest BCUT2D eigenvalue weighted by molar-refractivity contribution is 7.91. The molecule has 0 saturated heterocycles. The highest BCUT2D eigenvalue weighted by Crippen LogP contribution is 2.32. The van der Waals surface area contributed by atoms with E-state index in [4.69, 9.17) is 0 Å². The van der Waals surface area contributed by atoms with Crippen molar-refractivity contribution >= 4 is 15.9 Å².